The SMILES string of the molecule is FC(F)OC1=CC(C(F)(F)F)=CC(OC(F)F)[CH]1. The fourth-order valence-corrected chi connectivity index (χ4v) is 1.19. The first-order valence-corrected chi connectivity index (χ1v) is 4.42. The van der Waals surface area contributed by atoms with Gasteiger partial charge in [0.25, 0.3) is 0 Å². The molecule has 1 atom stereocenters. The van der Waals surface area contributed by atoms with Crippen molar-refractivity contribution in [3.63, 3.8) is 0 Å². The van der Waals surface area contributed by atoms with Gasteiger partial charge in [-0.1, -0.05) is 0 Å². The first kappa shape index (κ1) is 14.8. The molecule has 0 fully saturated rings. The molecule has 1 radical (unpaired) electrons. The van der Waals surface area contributed by atoms with Gasteiger partial charge in [-0.25, -0.2) is 0 Å². The van der Waals surface area contributed by atoms with E-state index in [0.717, 1.165) is 0 Å². The molecular weight excluding hydrogens is 273 g/mol. The molecule has 103 valence electrons. The van der Waals surface area contributed by atoms with Crippen molar-refractivity contribution >= 4 is 0 Å². The Hall–Kier alpha value is -1.25. The van der Waals surface area contributed by atoms with Crippen molar-refractivity contribution in [1.82, 2.24) is 0 Å². The first-order chi connectivity index (χ1) is 8.18. The quantitative estimate of drug-likeness (QED) is 0.734. The third kappa shape index (κ3) is 4.55. The molecule has 0 heterocycles. The Morgan fingerprint density at radius 2 is 1.67 bits per heavy atom. The topological polar surface area (TPSA) is 18.5 Å². The molecular formula is C9H6F7O2. The minimum atomic E-state index is -4.88. The molecule has 9 heteroatoms. The van der Waals surface area contributed by atoms with Gasteiger partial charge in [-0.05, 0) is 12.2 Å². The van der Waals surface area contributed by atoms with E-state index in [1.54, 1.807) is 0 Å². The Balaban J connectivity index is 2.89. The second-order valence-corrected chi connectivity index (χ2v) is 3.07. The minimum absolute atomic E-state index is 0.275. The number of hydrogen-bond acceptors (Lipinski definition) is 2. The molecule has 0 aromatic rings. The van der Waals surface area contributed by atoms with Crippen molar-refractivity contribution in [3.05, 3.63) is 29.9 Å². The van der Waals surface area contributed by atoms with Crippen LogP contribution in [-0.2, 0) is 9.47 Å². The van der Waals surface area contributed by atoms with Crippen molar-refractivity contribution in [2.75, 3.05) is 0 Å². The molecule has 0 amide bonds. The lowest BCUT2D eigenvalue weighted by molar-refractivity contribution is -0.148. The molecule has 1 aliphatic carbocycles. The second kappa shape index (κ2) is 5.59. The number of rotatable bonds is 4. The maximum atomic E-state index is 12.3. The molecule has 1 aliphatic rings. The Morgan fingerprint density at radius 3 is 2.11 bits per heavy atom. The van der Waals surface area contributed by atoms with Gasteiger partial charge in [-0.2, -0.15) is 30.7 Å². The number of hydrogen-bond donors (Lipinski definition) is 0. The summed E-state index contributed by atoms with van der Waals surface area (Å²) in [5.74, 6) is -0.884. The van der Waals surface area contributed by atoms with Gasteiger partial charge in [0.1, 0.15) is 5.76 Å². The van der Waals surface area contributed by atoms with E-state index in [-0.39, 0.29) is 6.08 Å². The van der Waals surface area contributed by atoms with Gasteiger partial charge in [0.2, 0.25) is 0 Å². The van der Waals surface area contributed by atoms with E-state index in [0.29, 0.717) is 12.5 Å². The van der Waals surface area contributed by atoms with E-state index in [4.69, 9.17) is 0 Å². The average molecular weight is 279 g/mol. The van der Waals surface area contributed by atoms with Crippen molar-refractivity contribution in [3.8, 4) is 0 Å². The zero-order valence-corrected chi connectivity index (χ0v) is 8.43. The summed E-state index contributed by atoms with van der Waals surface area (Å²) in [6.07, 6.45) is -5.47. The highest BCUT2D eigenvalue weighted by Gasteiger charge is 2.36. The molecule has 2 nitrogen and oxygen atoms in total. The fraction of sp³-hybridized carbons (Fsp3) is 0.444. The average Bonchev–Trinajstić information content (AvgIpc) is 2.13. The summed E-state index contributed by atoms with van der Waals surface area (Å²) >= 11 is 0. The van der Waals surface area contributed by atoms with Crippen molar-refractivity contribution in [2.45, 2.75) is 25.5 Å². The second-order valence-electron chi connectivity index (χ2n) is 3.07. The zero-order valence-electron chi connectivity index (χ0n) is 8.43. The molecule has 0 N–H and O–H groups in total. The van der Waals surface area contributed by atoms with Crippen LogP contribution in [0.15, 0.2) is 23.5 Å². The normalized spacial score (nSPS) is 21.1. The summed E-state index contributed by atoms with van der Waals surface area (Å²) < 4.78 is 92.0. The molecule has 0 saturated carbocycles. The molecule has 1 rings (SSSR count). The molecule has 0 aliphatic heterocycles. The third-order valence-electron chi connectivity index (χ3n) is 1.78. The molecule has 0 saturated heterocycles. The molecule has 18 heavy (non-hydrogen) atoms. The van der Waals surface area contributed by atoms with Crippen LogP contribution in [0.1, 0.15) is 0 Å². The van der Waals surface area contributed by atoms with E-state index < -0.39 is 36.8 Å². The molecule has 0 bridgehead atoms. The summed E-state index contributed by atoms with van der Waals surface area (Å²) in [5.41, 5.74) is -1.40. The summed E-state index contributed by atoms with van der Waals surface area (Å²) in [6.45, 7) is -6.71. The lowest BCUT2D eigenvalue weighted by Crippen LogP contribution is -2.24. The number of allylic oxidation sites excluding steroid dienone is 2. The maximum absolute atomic E-state index is 12.3. The van der Waals surface area contributed by atoms with Crippen LogP contribution in [0.5, 0.6) is 0 Å². The van der Waals surface area contributed by atoms with Crippen LogP contribution >= 0.6 is 0 Å². The minimum Gasteiger partial charge on any atom is -0.439 e. The van der Waals surface area contributed by atoms with Crippen LogP contribution in [0.3, 0.4) is 0 Å². The van der Waals surface area contributed by atoms with Crippen molar-refractivity contribution < 1.29 is 40.2 Å². The van der Waals surface area contributed by atoms with Crippen molar-refractivity contribution in [1.29, 1.82) is 0 Å². The van der Waals surface area contributed by atoms with Gasteiger partial charge < -0.3 is 9.47 Å². The lowest BCUT2D eigenvalue weighted by atomic mass is 10.0. The molecule has 1 unspecified atom stereocenters. The van der Waals surface area contributed by atoms with Crippen LogP contribution < -0.4 is 0 Å². The molecule has 0 aromatic carbocycles. The number of ether oxygens (including phenoxy) is 2. The number of halogens is 7. The standard InChI is InChI=1S/C9H6F7O2/c10-7(11)17-5-1-4(9(14,15)16)2-6(3-5)18-8(12)13/h1-3,5,7-8H. The van der Waals surface area contributed by atoms with Gasteiger partial charge in [0.15, 0.2) is 0 Å². The smallest absolute Gasteiger partial charge is 0.416 e. The van der Waals surface area contributed by atoms with Gasteiger partial charge in [-0.3, -0.25) is 0 Å². The van der Waals surface area contributed by atoms with Gasteiger partial charge >= 0.3 is 19.4 Å². The van der Waals surface area contributed by atoms with E-state index in [2.05, 4.69) is 9.47 Å². The molecule has 0 aromatic heterocycles. The predicted molar refractivity (Wildman–Crippen MR) is 44.5 cm³/mol. The Bertz CT molecular complexity index is 345. The van der Waals surface area contributed by atoms with Crippen LogP contribution in [0.4, 0.5) is 30.7 Å². The Kier molecular flexibility index (Phi) is 4.60. The summed E-state index contributed by atoms with van der Waals surface area (Å²) in [5, 5.41) is 0. The van der Waals surface area contributed by atoms with Gasteiger partial charge in [-0.15, -0.1) is 0 Å². The summed E-state index contributed by atoms with van der Waals surface area (Å²) in [6, 6.07) is 0. The number of alkyl halides is 7. The van der Waals surface area contributed by atoms with Gasteiger partial charge in [0.05, 0.1) is 18.1 Å². The van der Waals surface area contributed by atoms with Crippen LogP contribution in [0.2, 0.25) is 0 Å². The van der Waals surface area contributed by atoms with Crippen LogP contribution in [0.25, 0.3) is 0 Å². The van der Waals surface area contributed by atoms with E-state index >= 15 is 0 Å². The summed E-state index contributed by atoms with van der Waals surface area (Å²) in [4.78, 5) is 0. The monoisotopic (exact) mass is 279 g/mol. The van der Waals surface area contributed by atoms with E-state index in [9.17, 15) is 30.7 Å². The van der Waals surface area contributed by atoms with E-state index in [1.165, 1.54) is 0 Å². The van der Waals surface area contributed by atoms with Crippen LogP contribution in [-0.4, -0.2) is 25.5 Å². The molecule has 0 spiro atoms. The van der Waals surface area contributed by atoms with Crippen LogP contribution in [0, 0.1) is 6.42 Å². The highest BCUT2D eigenvalue weighted by Crippen LogP contribution is 2.33. The summed E-state index contributed by atoms with van der Waals surface area (Å²) in [7, 11) is 0. The fourth-order valence-electron chi connectivity index (χ4n) is 1.19. The Morgan fingerprint density at radius 1 is 1.06 bits per heavy atom. The zero-order chi connectivity index (χ0) is 13.9. The van der Waals surface area contributed by atoms with Gasteiger partial charge in [0, 0.05) is 0 Å². The largest absolute Gasteiger partial charge is 0.439 e. The highest BCUT2D eigenvalue weighted by molar-refractivity contribution is 5.36. The highest BCUT2D eigenvalue weighted by atomic mass is 19.4. The first-order valence-electron chi connectivity index (χ1n) is 4.42. The maximum Gasteiger partial charge on any atom is 0.416 e. The predicted octanol–water partition coefficient (Wildman–Crippen LogP) is 3.42. The third-order valence-corrected chi connectivity index (χ3v) is 1.78. The van der Waals surface area contributed by atoms with E-state index in [1.807, 2.05) is 0 Å². The lowest BCUT2D eigenvalue weighted by Gasteiger charge is -2.22. The van der Waals surface area contributed by atoms with Crippen molar-refractivity contribution in [2.24, 2.45) is 0 Å². The Labute approximate surface area is 96.7 Å².